The lowest BCUT2D eigenvalue weighted by molar-refractivity contribution is 0.0975. The van der Waals surface area contributed by atoms with E-state index in [1.807, 2.05) is 50.9 Å². The molecule has 0 saturated heterocycles. The maximum atomic E-state index is 12.5. The quantitative estimate of drug-likeness (QED) is 0.374. The number of imidazole rings is 1. The molecule has 1 aromatic carbocycles. The zero-order valence-corrected chi connectivity index (χ0v) is 21.9. The minimum Gasteiger partial charge on any atom is -0.309 e. The highest BCUT2D eigenvalue weighted by atomic mass is 79.9. The van der Waals surface area contributed by atoms with E-state index in [1.165, 1.54) is 11.3 Å². The minimum absolute atomic E-state index is 0. The van der Waals surface area contributed by atoms with E-state index < -0.39 is 0 Å². The number of carbonyl (C=O) groups is 1. The molecule has 0 bridgehead atoms. The Hall–Kier alpha value is -0.740. The lowest BCUT2D eigenvalue weighted by Crippen LogP contribution is -2.32. The summed E-state index contributed by atoms with van der Waals surface area (Å²) < 4.78 is 3.83. The van der Waals surface area contributed by atoms with Crippen molar-refractivity contribution in [2.45, 2.75) is 26.9 Å². The average molecular weight is 599 g/mol. The number of rotatable bonds is 8. The number of aromatic nitrogens is 2. The van der Waals surface area contributed by atoms with Gasteiger partial charge in [0.05, 0.1) is 22.5 Å². The number of halogens is 3. The zero-order chi connectivity index (χ0) is 17.8. The highest BCUT2D eigenvalue weighted by molar-refractivity contribution is 8.93. The van der Waals surface area contributed by atoms with Crippen LogP contribution in [0.3, 0.4) is 0 Å². The number of hydrogen-bond acceptors (Lipinski definition) is 4. The fourth-order valence-corrected chi connectivity index (χ4v) is 3.78. The number of ketones is 1. The summed E-state index contributed by atoms with van der Waals surface area (Å²) in [6.07, 6.45) is 0. The van der Waals surface area contributed by atoms with Gasteiger partial charge < -0.3 is 14.0 Å². The van der Waals surface area contributed by atoms with E-state index in [2.05, 4.69) is 18.7 Å². The van der Waals surface area contributed by atoms with Crippen LogP contribution in [-0.2, 0) is 13.1 Å². The van der Waals surface area contributed by atoms with Crippen molar-refractivity contribution in [1.29, 1.82) is 5.41 Å². The first-order chi connectivity index (χ1) is 12.2. The standard InChI is InChI=1S/C19H24N4OS.3BrH/c1-3-21(4-2)11-12-22-15-8-5-6-9-16(15)23(19(22)20)14-17(24)18-10-7-13-25-18;;;/h5-10,13,20H,3-4,11-12,14H2,1-2H3;3*1H. The third-order valence-corrected chi connectivity index (χ3v) is 5.52. The Labute approximate surface area is 201 Å². The number of nitrogens with zero attached hydrogens (tertiary/aromatic N) is 3. The highest BCUT2D eigenvalue weighted by Gasteiger charge is 2.15. The van der Waals surface area contributed by atoms with Crippen LogP contribution in [-0.4, -0.2) is 39.5 Å². The van der Waals surface area contributed by atoms with Crippen molar-refractivity contribution in [2.75, 3.05) is 19.6 Å². The van der Waals surface area contributed by atoms with Gasteiger partial charge in [0.2, 0.25) is 5.62 Å². The second kappa shape index (κ2) is 12.7. The van der Waals surface area contributed by atoms with Crippen LogP contribution in [0.2, 0.25) is 0 Å². The first kappa shape index (κ1) is 27.3. The van der Waals surface area contributed by atoms with E-state index in [0.717, 1.165) is 42.1 Å². The van der Waals surface area contributed by atoms with Crippen molar-refractivity contribution in [1.82, 2.24) is 14.0 Å². The smallest absolute Gasteiger partial charge is 0.203 e. The molecule has 9 heteroatoms. The summed E-state index contributed by atoms with van der Waals surface area (Å²) in [6.45, 7) is 8.16. The van der Waals surface area contributed by atoms with Crippen molar-refractivity contribution in [3.63, 3.8) is 0 Å². The summed E-state index contributed by atoms with van der Waals surface area (Å²) in [6, 6.07) is 11.7. The van der Waals surface area contributed by atoms with E-state index in [1.54, 1.807) is 0 Å². The number of Topliss-reactive ketones (excluding diaryl/α,β-unsaturated/α-hetero) is 1. The van der Waals surface area contributed by atoms with Gasteiger partial charge in [-0.05, 0) is 36.7 Å². The number of likely N-dealkylation sites (N-methyl/N-ethyl adjacent to an activating group) is 1. The number of benzene rings is 1. The molecule has 156 valence electrons. The van der Waals surface area contributed by atoms with Gasteiger partial charge in [-0.1, -0.05) is 32.0 Å². The fraction of sp³-hybridized carbons (Fsp3) is 0.368. The van der Waals surface area contributed by atoms with Crippen LogP contribution >= 0.6 is 62.3 Å². The van der Waals surface area contributed by atoms with Gasteiger partial charge in [-0.25, -0.2) is 0 Å². The molecule has 3 rings (SSSR count). The van der Waals surface area contributed by atoms with Gasteiger partial charge in [-0.15, -0.1) is 62.3 Å². The molecule has 2 heterocycles. The number of carbonyl (C=O) groups excluding carboxylic acids is 1. The SMILES string of the molecule is Br.Br.Br.CCN(CC)CCn1c(=N)n(CC(=O)c2cccs2)c2ccccc21. The maximum Gasteiger partial charge on any atom is 0.203 e. The minimum atomic E-state index is 0. The largest absolute Gasteiger partial charge is 0.309 e. The summed E-state index contributed by atoms with van der Waals surface area (Å²) in [5.41, 5.74) is 2.34. The molecular formula is C19H27Br3N4OS. The maximum absolute atomic E-state index is 12.5. The normalized spacial score (nSPS) is 10.2. The van der Waals surface area contributed by atoms with E-state index >= 15 is 0 Å². The van der Waals surface area contributed by atoms with Gasteiger partial charge in [0.1, 0.15) is 0 Å². The Balaban J connectivity index is 0.00000243. The second-order valence-electron chi connectivity index (χ2n) is 5.98. The van der Waals surface area contributed by atoms with Gasteiger partial charge in [0.25, 0.3) is 0 Å². The van der Waals surface area contributed by atoms with Gasteiger partial charge in [0.15, 0.2) is 5.78 Å². The molecule has 0 unspecified atom stereocenters. The van der Waals surface area contributed by atoms with Gasteiger partial charge in [0, 0.05) is 13.1 Å². The van der Waals surface area contributed by atoms with E-state index in [9.17, 15) is 4.79 Å². The van der Waals surface area contributed by atoms with Crippen LogP contribution < -0.4 is 5.62 Å². The predicted octanol–water partition coefficient (Wildman–Crippen LogP) is 4.94. The second-order valence-corrected chi connectivity index (χ2v) is 6.93. The van der Waals surface area contributed by atoms with Crippen molar-refractivity contribution < 1.29 is 4.79 Å². The number of nitrogens with one attached hydrogen (secondary N) is 1. The molecule has 28 heavy (non-hydrogen) atoms. The van der Waals surface area contributed by atoms with Crippen LogP contribution in [0.5, 0.6) is 0 Å². The van der Waals surface area contributed by atoms with Crippen molar-refractivity contribution in [3.8, 4) is 0 Å². The van der Waals surface area contributed by atoms with Crippen LogP contribution in [0.15, 0.2) is 41.8 Å². The van der Waals surface area contributed by atoms with Crippen LogP contribution in [0.1, 0.15) is 23.5 Å². The van der Waals surface area contributed by atoms with Crippen LogP contribution in [0.4, 0.5) is 0 Å². The monoisotopic (exact) mass is 596 g/mol. The summed E-state index contributed by atoms with van der Waals surface area (Å²) >= 11 is 1.45. The molecule has 0 aliphatic rings. The molecule has 0 atom stereocenters. The number of para-hydroxylation sites is 2. The molecule has 0 aliphatic carbocycles. The first-order valence-corrected chi connectivity index (χ1v) is 9.55. The Bertz CT molecular complexity index is 917. The molecule has 0 spiro atoms. The van der Waals surface area contributed by atoms with E-state index in [-0.39, 0.29) is 63.3 Å². The molecule has 0 amide bonds. The molecule has 1 N–H and O–H groups in total. The Morgan fingerprint density at radius 3 is 2.14 bits per heavy atom. The third-order valence-electron chi connectivity index (χ3n) is 4.61. The van der Waals surface area contributed by atoms with Crippen LogP contribution in [0, 0.1) is 5.41 Å². The van der Waals surface area contributed by atoms with E-state index in [4.69, 9.17) is 5.41 Å². The third kappa shape index (κ3) is 5.89. The van der Waals surface area contributed by atoms with Crippen molar-refractivity contribution >= 4 is 79.1 Å². The number of fused-ring (bicyclic) bond motifs is 1. The number of hydrogen-bond donors (Lipinski definition) is 1. The average Bonchev–Trinajstić information content (AvgIpc) is 3.25. The fourth-order valence-electron chi connectivity index (χ4n) is 3.12. The number of thiophene rings is 1. The summed E-state index contributed by atoms with van der Waals surface area (Å²) in [4.78, 5) is 15.6. The highest BCUT2D eigenvalue weighted by Crippen LogP contribution is 2.15. The van der Waals surface area contributed by atoms with Gasteiger partial charge in [-0.2, -0.15) is 0 Å². The van der Waals surface area contributed by atoms with E-state index in [0.29, 0.717) is 5.62 Å². The molecule has 0 fully saturated rings. The Kier molecular flexibility index (Phi) is 12.4. The molecule has 0 saturated carbocycles. The Morgan fingerprint density at radius 2 is 1.61 bits per heavy atom. The molecule has 2 aromatic heterocycles. The summed E-state index contributed by atoms with van der Waals surface area (Å²) in [5.74, 6) is 0.0557. The molecule has 0 aliphatic heterocycles. The van der Waals surface area contributed by atoms with Crippen molar-refractivity contribution in [2.24, 2.45) is 0 Å². The topological polar surface area (TPSA) is 54.0 Å². The molecule has 0 radical (unpaired) electrons. The van der Waals surface area contributed by atoms with Gasteiger partial charge in [-0.3, -0.25) is 10.2 Å². The van der Waals surface area contributed by atoms with Crippen molar-refractivity contribution in [3.05, 3.63) is 52.3 Å². The lowest BCUT2D eigenvalue weighted by Gasteiger charge is -2.18. The summed E-state index contributed by atoms with van der Waals surface area (Å²) in [7, 11) is 0. The molecular weight excluding hydrogens is 572 g/mol. The lowest BCUT2D eigenvalue weighted by atomic mass is 10.3. The Morgan fingerprint density at radius 1 is 1.00 bits per heavy atom. The first-order valence-electron chi connectivity index (χ1n) is 8.67. The summed E-state index contributed by atoms with van der Waals surface area (Å²) in [5, 5.41) is 10.5. The van der Waals surface area contributed by atoms with Gasteiger partial charge >= 0.3 is 0 Å². The predicted molar refractivity (Wildman–Crippen MR) is 133 cm³/mol. The van der Waals surface area contributed by atoms with Crippen LogP contribution in [0.25, 0.3) is 11.0 Å². The molecule has 3 aromatic rings. The molecule has 5 nitrogen and oxygen atoms in total. The zero-order valence-electron chi connectivity index (χ0n) is 16.0.